The number of benzene rings is 3. The SMILES string of the molecule is CC(NC(=O)c1cccc(NC(=O)c2cccc(Br)c2)c1)c1ccc(-n2cncn2)cc1. The Morgan fingerprint density at radius 1 is 0.938 bits per heavy atom. The minimum Gasteiger partial charge on any atom is -0.346 e. The highest BCUT2D eigenvalue weighted by Crippen LogP contribution is 2.18. The van der Waals surface area contributed by atoms with Crippen molar-refractivity contribution in [2.24, 2.45) is 0 Å². The van der Waals surface area contributed by atoms with Crippen LogP contribution in [0, 0.1) is 0 Å². The van der Waals surface area contributed by atoms with Crippen LogP contribution in [0.2, 0.25) is 0 Å². The van der Waals surface area contributed by atoms with Crippen molar-refractivity contribution in [2.45, 2.75) is 13.0 Å². The minimum atomic E-state index is -0.246. The second-order valence-electron chi connectivity index (χ2n) is 7.17. The Kier molecular flexibility index (Phi) is 6.42. The molecule has 2 N–H and O–H groups in total. The second kappa shape index (κ2) is 9.57. The highest BCUT2D eigenvalue weighted by molar-refractivity contribution is 9.10. The zero-order valence-electron chi connectivity index (χ0n) is 17.2. The number of rotatable bonds is 6. The third kappa shape index (κ3) is 5.09. The molecule has 0 aliphatic carbocycles. The van der Waals surface area contributed by atoms with Crippen LogP contribution in [-0.2, 0) is 0 Å². The number of halogens is 1. The van der Waals surface area contributed by atoms with Crippen LogP contribution in [0.4, 0.5) is 5.69 Å². The predicted molar refractivity (Wildman–Crippen MR) is 126 cm³/mol. The molecule has 8 heteroatoms. The molecule has 4 rings (SSSR count). The van der Waals surface area contributed by atoms with Crippen LogP contribution >= 0.6 is 15.9 Å². The van der Waals surface area contributed by atoms with Gasteiger partial charge in [0.05, 0.1) is 11.7 Å². The van der Waals surface area contributed by atoms with E-state index in [2.05, 4.69) is 36.6 Å². The van der Waals surface area contributed by atoms with Crippen LogP contribution in [-0.4, -0.2) is 26.6 Å². The first-order valence-corrected chi connectivity index (χ1v) is 10.7. The topological polar surface area (TPSA) is 88.9 Å². The average Bonchev–Trinajstić information content (AvgIpc) is 3.34. The quantitative estimate of drug-likeness (QED) is 0.408. The van der Waals surface area contributed by atoms with Gasteiger partial charge in [0.15, 0.2) is 0 Å². The van der Waals surface area contributed by atoms with Gasteiger partial charge < -0.3 is 10.6 Å². The van der Waals surface area contributed by atoms with Crippen molar-refractivity contribution in [3.05, 3.63) is 107 Å². The van der Waals surface area contributed by atoms with E-state index in [1.807, 2.05) is 37.3 Å². The number of nitrogens with zero attached hydrogens (tertiary/aromatic N) is 3. The van der Waals surface area contributed by atoms with E-state index in [-0.39, 0.29) is 17.9 Å². The van der Waals surface area contributed by atoms with Crippen LogP contribution in [0.1, 0.15) is 39.2 Å². The van der Waals surface area contributed by atoms with Gasteiger partial charge in [-0.25, -0.2) is 9.67 Å². The van der Waals surface area contributed by atoms with E-state index in [1.165, 1.54) is 6.33 Å². The van der Waals surface area contributed by atoms with Gasteiger partial charge >= 0.3 is 0 Å². The Morgan fingerprint density at radius 2 is 1.66 bits per heavy atom. The van der Waals surface area contributed by atoms with Crippen molar-refractivity contribution >= 4 is 33.4 Å². The van der Waals surface area contributed by atoms with E-state index in [0.717, 1.165) is 15.7 Å². The first kappa shape index (κ1) is 21.5. The summed E-state index contributed by atoms with van der Waals surface area (Å²) in [5, 5.41) is 9.93. The van der Waals surface area contributed by atoms with Gasteiger partial charge in [-0.3, -0.25) is 9.59 Å². The maximum Gasteiger partial charge on any atom is 0.255 e. The molecule has 160 valence electrons. The molecule has 0 spiro atoms. The number of carbonyl (C=O) groups is 2. The zero-order chi connectivity index (χ0) is 22.5. The molecule has 2 amide bonds. The minimum absolute atomic E-state index is 0.202. The van der Waals surface area contributed by atoms with Gasteiger partial charge in [-0.05, 0) is 61.0 Å². The summed E-state index contributed by atoms with van der Waals surface area (Å²) in [6.45, 7) is 1.92. The Bertz CT molecular complexity index is 1240. The molecule has 0 bridgehead atoms. The van der Waals surface area contributed by atoms with Crippen molar-refractivity contribution in [1.29, 1.82) is 0 Å². The summed E-state index contributed by atoms with van der Waals surface area (Å²) in [4.78, 5) is 29.2. The molecule has 0 aliphatic rings. The van der Waals surface area contributed by atoms with Gasteiger partial charge in [0, 0.05) is 21.3 Å². The number of carbonyl (C=O) groups excluding carboxylic acids is 2. The number of anilines is 1. The largest absolute Gasteiger partial charge is 0.346 e. The number of amides is 2. The molecule has 0 fully saturated rings. The summed E-state index contributed by atoms with van der Waals surface area (Å²) < 4.78 is 2.49. The summed E-state index contributed by atoms with van der Waals surface area (Å²) in [5.74, 6) is -0.471. The molecule has 0 radical (unpaired) electrons. The van der Waals surface area contributed by atoms with E-state index in [9.17, 15) is 9.59 Å². The highest BCUT2D eigenvalue weighted by atomic mass is 79.9. The lowest BCUT2D eigenvalue weighted by molar-refractivity contribution is 0.0938. The molecule has 7 nitrogen and oxygen atoms in total. The van der Waals surface area contributed by atoms with Crippen molar-refractivity contribution in [2.75, 3.05) is 5.32 Å². The highest BCUT2D eigenvalue weighted by Gasteiger charge is 2.13. The molecular weight excluding hydrogens is 470 g/mol. The Balaban J connectivity index is 1.41. The van der Waals surface area contributed by atoms with Gasteiger partial charge in [-0.15, -0.1) is 0 Å². The normalized spacial score (nSPS) is 11.6. The fourth-order valence-corrected chi connectivity index (χ4v) is 3.59. The number of aromatic nitrogens is 3. The summed E-state index contributed by atoms with van der Waals surface area (Å²) in [6.07, 6.45) is 3.11. The summed E-state index contributed by atoms with van der Waals surface area (Å²) in [6, 6.07) is 21.5. The molecule has 0 saturated carbocycles. The van der Waals surface area contributed by atoms with Gasteiger partial charge in [-0.1, -0.05) is 40.2 Å². The van der Waals surface area contributed by atoms with E-state index >= 15 is 0 Å². The molecule has 1 heterocycles. The zero-order valence-corrected chi connectivity index (χ0v) is 18.8. The maximum atomic E-state index is 12.8. The fraction of sp³-hybridized carbons (Fsp3) is 0.0833. The number of hydrogen-bond donors (Lipinski definition) is 2. The molecule has 1 unspecified atom stereocenters. The average molecular weight is 490 g/mol. The van der Waals surface area contributed by atoms with Gasteiger partial charge in [0.2, 0.25) is 0 Å². The summed E-state index contributed by atoms with van der Waals surface area (Å²) in [5.41, 5.74) is 3.38. The van der Waals surface area contributed by atoms with E-state index in [0.29, 0.717) is 16.8 Å². The van der Waals surface area contributed by atoms with Gasteiger partial charge in [0.25, 0.3) is 11.8 Å². The molecule has 32 heavy (non-hydrogen) atoms. The Morgan fingerprint density at radius 3 is 2.34 bits per heavy atom. The first-order valence-electron chi connectivity index (χ1n) is 9.92. The van der Waals surface area contributed by atoms with Crippen molar-refractivity contribution < 1.29 is 9.59 Å². The Labute approximate surface area is 193 Å². The predicted octanol–water partition coefficient (Wildman–Crippen LogP) is 4.77. The summed E-state index contributed by atoms with van der Waals surface area (Å²) >= 11 is 3.36. The lowest BCUT2D eigenvalue weighted by Gasteiger charge is -2.15. The fourth-order valence-electron chi connectivity index (χ4n) is 3.19. The third-order valence-electron chi connectivity index (χ3n) is 4.89. The monoisotopic (exact) mass is 489 g/mol. The lowest BCUT2D eigenvalue weighted by Crippen LogP contribution is -2.26. The molecular formula is C24H20BrN5O2. The molecule has 4 aromatic rings. The molecule has 1 aromatic heterocycles. The van der Waals surface area contributed by atoms with Crippen LogP contribution in [0.25, 0.3) is 5.69 Å². The van der Waals surface area contributed by atoms with Crippen molar-refractivity contribution in [1.82, 2.24) is 20.1 Å². The maximum absolute atomic E-state index is 12.8. The standard InChI is InChI=1S/C24H20BrN5O2/c1-16(17-8-10-22(11-9-17)30-15-26-14-27-30)28-23(31)19-5-3-7-21(13-19)29-24(32)18-4-2-6-20(25)12-18/h2-16H,1H3,(H,28,31)(H,29,32). The van der Waals surface area contributed by atoms with Gasteiger partial charge in [-0.2, -0.15) is 5.10 Å². The Hall–Kier alpha value is -3.78. The molecule has 3 aromatic carbocycles. The van der Waals surface area contributed by atoms with E-state index in [4.69, 9.17) is 0 Å². The van der Waals surface area contributed by atoms with Crippen molar-refractivity contribution in [3.63, 3.8) is 0 Å². The van der Waals surface area contributed by atoms with Crippen molar-refractivity contribution in [3.8, 4) is 5.69 Å². The summed E-state index contributed by atoms with van der Waals surface area (Å²) in [7, 11) is 0. The third-order valence-corrected chi connectivity index (χ3v) is 5.39. The van der Waals surface area contributed by atoms with E-state index < -0.39 is 0 Å². The first-order chi connectivity index (χ1) is 15.5. The lowest BCUT2D eigenvalue weighted by atomic mass is 10.1. The number of nitrogens with one attached hydrogen (secondary N) is 2. The van der Waals surface area contributed by atoms with Crippen LogP contribution in [0.3, 0.4) is 0 Å². The van der Waals surface area contributed by atoms with Crippen LogP contribution in [0.15, 0.2) is 89.9 Å². The molecule has 0 saturated heterocycles. The molecule has 0 aliphatic heterocycles. The smallest absolute Gasteiger partial charge is 0.255 e. The number of hydrogen-bond acceptors (Lipinski definition) is 4. The van der Waals surface area contributed by atoms with Crippen LogP contribution in [0.5, 0.6) is 0 Å². The molecule has 1 atom stereocenters. The second-order valence-corrected chi connectivity index (χ2v) is 8.09. The van der Waals surface area contributed by atoms with Gasteiger partial charge in [0.1, 0.15) is 12.7 Å². The van der Waals surface area contributed by atoms with E-state index in [1.54, 1.807) is 53.5 Å². The van der Waals surface area contributed by atoms with Crippen LogP contribution < -0.4 is 10.6 Å².